The van der Waals surface area contributed by atoms with Crippen molar-refractivity contribution in [3.63, 3.8) is 0 Å². The first-order chi connectivity index (χ1) is 13.5. The number of fused-ring (bicyclic) bond motifs is 2. The van der Waals surface area contributed by atoms with Gasteiger partial charge in [-0.05, 0) is 49.1 Å². The zero-order chi connectivity index (χ0) is 19.6. The molecule has 5 rings (SSSR count). The molecule has 0 spiro atoms. The lowest BCUT2D eigenvalue weighted by Crippen LogP contribution is -2.40. The number of carbonyl (C=O) groups is 1. The molecule has 1 saturated heterocycles. The van der Waals surface area contributed by atoms with E-state index >= 15 is 0 Å². The first kappa shape index (κ1) is 18.4. The standard InChI is InChI=1S/C22H31N3O3/c1-4-13-9-15-19(17(11-26)24(3)21(15)27)23-20(13)25-8-5-18(14-10-16(14)25)28-12-22(2)6-7-22/h9,14,16-18,26H,4-8,10-12H2,1-3H3. The van der Waals surface area contributed by atoms with Crippen LogP contribution in [0.2, 0.25) is 0 Å². The fourth-order valence-electron chi connectivity index (χ4n) is 4.96. The maximum Gasteiger partial charge on any atom is 0.256 e. The van der Waals surface area contributed by atoms with Gasteiger partial charge >= 0.3 is 0 Å². The molecule has 3 heterocycles. The number of hydrogen-bond donors (Lipinski definition) is 1. The van der Waals surface area contributed by atoms with Crippen molar-refractivity contribution in [3.8, 4) is 0 Å². The quantitative estimate of drug-likeness (QED) is 0.815. The zero-order valence-electron chi connectivity index (χ0n) is 17.1. The van der Waals surface area contributed by atoms with Gasteiger partial charge in [-0.3, -0.25) is 4.79 Å². The number of likely N-dealkylation sites (N-methyl/N-ethyl adjacent to an activating group) is 1. The predicted octanol–water partition coefficient (Wildman–Crippen LogP) is 2.55. The second-order valence-electron chi connectivity index (χ2n) is 9.48. The van der Waals surface area contributed by atoms with Crippen LogP contribution in [-0.2, 0) is 11.2 Å². The van der Waals surface area contributed by atoms with E-state index in [1.165, 1.54) is 19.3 Å². The zero-order valence-corrected chi connectivity index (χ0v) is 17.1. The lowest BCUT2D eigenvalue weighted by molar-refractivity contribution is 0.00311. The van der Waals surface area contributed by atoms with E-state index in [1.807, 2.05) is 6.07 Å². The van der Waals surface area contributed by atoms with Gasteiger partial charge in [-0.2, -0.15) is 0 Å². The molecule has 6 heteroatoms. The Morgan fingerprint density at radius 1 is 1.39 bits per heavy atom. The molecule has 28 heavy (non-hydrogen) atoms. The minimum atomic E-state index is -0.331. The van der Waals surface area contributed by atoms with Gasteiger partial charge in [0.15, 0.2) is 0 Å². The number of amides is 1. The number of aliphatic hydroxyl groups excluding tert-OH is 1. The first-order valence-corrected chi connectivity index (χ1v) is 10.8. The van der Waals surface area contributed by atoms with Crippen molar-refractivity contribution in [1.29, 1.82) is 0 Å². The molecule has 6 nitrogen and oxygen atoms in total. The fraction of sp³-hybridized carbons (Fsp3) is 0.727. The largest absolute Gasteiger partial charge is 0.394 e. The van der Waals surface area contributed by atoms with Crippen LogP contribution >= 0.6 is 0 Å². The first-order valence-electron chi connectivity index (χ1n) is 10.8. The van der Waals surface area contributed by atoms with E-state index < -0.39 is 0 Å². The number of piperidine rings is 1. The van der Waals surface area contributed by atoms with Gasteiger partial charge in [-0.25, -0.2) is 4.98 Å². The molecule has 2 aliphatic heterocycles. The average molecular weight is 386 g/mol. The SMILES string of the molecule is CCc1cc2c(nc1N1CCC(OCC3(C)CC3)C3CC31)C(CO)N(C)C2=O. The van der Waals surface area contributed by atoms with Crippen LogP contribution in [0.3, 0.4) is 0 Å². The molecule has 4 atom stereocenters. The van der Waals surface area contributed by atoms with Gasteiger partial charge < -0.3 is 19.6 Å². The fourth-order valence-corrected chi connectivity index (χ4v) is 4.96. The Hall–Kier alpha value is -1.66. The monoisotopic (exact) mass is 385 g/mol. The van der Waals surface area contributed by atoms with E-state index in [-0.39, 0.29) is 18.6 Å². The Labute approximate surface area is 166 Å². The van der Waals surface area contributed by atoms with Gasteiger partial charge in [0, 0.05) is 25.6 Å². The molecule has 4 unspecified atom stereocenters. The number of carbonyl (C=O) groups excluding carboxylic acids is 1. The van der Waals surface area contributed by atoms with Crippen molar-refractivity contribution < 1.29 is 14.6 Å². The van der Waals surface area contributed by atoms with E-state index in [1.54, 1.807) is 11.9 Å². The van der Waals surface area contributed by atoms with Gasteiger partial charge in [0.05, 0.1) is 36.6 Å². The third-order valence-electron chi connectivity index (χ3n) is 7.35. The molecule has 1 aromatic heterocycles. The Morgan fingerprint density at radius 2 is 2.18 bits per heavy atom. The number of rotatable bonds is 6. The summed E-state index contributed by atoms with van der Waals surface area (Å²) >= 11 is 0. The number of pyridine rings is 1. The molecule has 1 N–H and O–H groups in total. The lowest BCUT2D eigenvalue weighted by Gasteiger charge is -2.34. The summed E-state index contributed by atoms with van der Waals surface area (Å²) in [4.78, 5) is 21.6. The molecule has 1 aromatic rings. The summed E-state index contributed by atoms with van der Waals surface area (Å²) in [7, 11) is 1.75. The summed E-state index contributed by atoms with van der Waals surface area (Å²) < 4.78 is 6.31. The minimum Gasteiger partial charge on any atom is -0.394 e. The van der Waals surface area contributed by atoms with E-state index in [4.69, 9.17) is 9.72 Å². The number of nitrogens with zero attached hydrogens (tertiary/aromatic N) is 3. The normalized spacial score (nSPS) is 32.4. The van der Waals surface area contributed by atoms with E-state index in [0.29, 0.717) is 29.0 Å². The highest BCUT2D eigenvalue weighted by Crippen LogP contribution is 2.50. The molecule has 0 bridgehead atoms. The van der Waals surface area contributed by atoms with E-state index in [2.05, 4.69) is 18.7 Å². The molecule has 3 fully saturated rings. The molecule has 2 aliphatic carbocycles. The summed E-state index contributed by atoms with van der Waals surface area (Å²) in [6, 6.07) is 2.19. The van der Waals surface area contributed by atoms with Crippen LogP contribution in [0, 0.1) is 11.3 Å². The van der Waals surface area contributed by atoms with Gasteiger partial charge in [0.2, 0.25) is 0 Å². The van der Waals surface area contributed by atoms with Crippen LogP contribution in [0.4, 0.5) is 5.82 Å². The Balaban J connectivity index is 1.37. The maximum atomic E-state index is 12.5. The van der Waals surface area contributed by atoms with Crippen LogP contribution in [0.1, 0.15) is 67.2 Å². The highest BCUT2D eigenvalue weighted by atomic mass is 16.5. The van der Waals surface area contributed by atoms with Crippen molar-refractivity contribution in [2.24, 2.45) is 11.3 Å². The summed E-state index contributed by atoms with van der Waals surface area (Å²) in [5, 5.41) is 9.79. The summed E-state index contributed by atoms with van der Waals surface area (Å²) in [5.41, 5.74) is 2.97. The summed E-state index contributed by atoms with van der Waals surface area (Å²) in [5.74, 6) is 1.59. The highest BCUT2D eigenvalue weighted by molar-refractivity contribution is 5.99. The Bertz CT molecular complexity index is 806. The minimum absolute atomic E-state index is 0.0345. The molecule has 0 radical (unpaired) electrons. The van der Waals surface area contributed by atoms with Crippen LogP contribution < -0.4 is 4.90 Å². The number of aromatic nitrogens is 1. The smallest absolute Gasteiger partial charge is 0.256 e. The predicted molar refractivity (Wildman–Crippen MR) is 106 cm³/mol. The number of aliphatic hydroxyl groups is 1. The lowest BCUT2D eigenvalue weighted by atomic mass is 10.0. The molecular weight excluding hydrogens is 354 g/mol. The number of anilines is 1. The molecule has 152 valence electrons. The number of aryl methyl sites for hydroxylation is 1. The maximum absolute atomic E-state index is 12.5. The van der Waals surface area contributed by atoms with Crippen molar-refractivity contribution in [2.45, 2.75) is 64.1 Å². The summed E-state index contributed by atoms with van der Waals surface area (Å²) in [6.45, 7) is 6.22. The van der Waals surface area contributed by atoms with Crippen LogP contribution in [0.5, 0.6) is 0 Å². The summed E-state index contributed by atoms with van der Waals surface area (Å²) in [6.07, 6.45) is 6.06. The van der Waals surface area contributed by atoms with Crippen molar-refractivity contribution in [3.05, 3.63) is 22.9 Å². The van der Waals surface area contributed by atoms with Gasteiger partial charge in [0.1, 0.15) is 5.82 Å². The number of ether oxygens (including phenoxy) is 1. The van der Waals surface area contributed by atoms with Crippen LogP contribution in [0.25, 0.3) is 0 Å². The molecule has 1 amide bonds. The molecular formula is C22H31N3O3. The molecule has 0 aromatic carbocycles. The van der Waals surface area contributed by atoms with Gasteiger partial charge in [0.25, 0.3) is 5.91 Å². The van der Waals surface area contributed by atoms with Crippen LogP contribution in [0.15, 0.2) is 6.07 Å². The third kappa shape index (κ3) is 2.84. The second-order valence-corrected chi connectivity index (χ2v) is 9.48. The van der Waals surface area contributed by atoms with Gasteiger partial charge in [-0.1, -0.05) is 13.8 Å². The molecule has 2 saturated carbocycles. The molecule has 4 aliphatic rings. The van der Waals surface area contributed by atoms with Crippen molar-refractivity contribution in [1.82, 2.24) is 9.88 Å². The second kappa shape index (κ2) is 6.42. The van der Waals surface area contributed by atoms with E-state index in [0.717, 1.165) is 43.1 Å². The van der Waals surface area contributed by atoms with E-state index in [9.17, 15) is 9.90 Å². The Morgan fingerprint density at radius 3 is 2.86 bits per heavy atom. The Kier molecular flexibility index (Phi) is 4.22. The van der Waals surface area contributed by atoms with Crippen molar-refractivity contribution in [2.75, 3.05) is 31.7 Å². The average Bonchev–Trinajstić information content (AvgIpc) is 3.61. The van der Waals surface area contributed by atoms with Crippen LogP contribution in [-0.4, -0.2) is 59.8 Å². The third-order valence-corrected chi connectivity index (χ3v) is 7.35. The van der Waals surface area contributed by atoms with Gasteiger partial charge in [-0.15, -0.1) is 0 Å². The topological polar surface area (TPSA) is 65.9 Å². The van der Waals surface area contributed by atoms with Crippen molar-refractivity contribution >= 4 is 11.7 Å². The number of hydrogen-bond acceptors (Lipinski definition) is 5. The highest BCUT2D eigenvalue weighted by Gasteiger charge is 2.52.